The molecule has 1 saturated heterocycles. The minimum atomic E-state index is -1.04. The fraction of sp³-hybridized carbons (Fsp3) is 0.500. The van der Waals surface area contributed by atoms with E-state index in [2.05, 4.69) is 0 Å². The predicted octanol–water partition coefficient (Wildman–Crippen LogP) is 2.94. The second kappa shape index (κ2) is 4.69. The Morgan fingerprint density at radius 3 is 2.37 bits per heavy atom. The van der Waals surface area contributed by atoms with Crippen molar-refractivity contribution in [3.8, 4) is 0 Å². The minimum absolute atomic E-state index is 0.307. The summed E-state index contributed by atoms with van der Waals surface area (Å²) in [5.41, 5.74) is -0.812. The average Bonchev–Trinajstić information content (AvgIpc) is 2.33. The van der Waals surface area contributed by atoms with Gasteiger partial charge in [0, 0.05) is 23.5 Å². The molecule has 1 aromatic carbocycles. The number of benzene rings is 1. The maximum absolute atomic E-state index is 11.1. The van der Waals surface area contributed by atoms with Crippen molar-refractivity contribution in [2.24, 2.45) is 5.41 Å². The van der Waals surface area contributed by atoms with Crippen LogP contribution in [0.15, 0.2) is 24.3 Å². The van der Waals surface area contributed by atoms with E-state index in [1.807, 2.05) is 13.8 Å². The molecule has 0 aromatic heterocycles. The van der Waals surface area contributed by atoms with Crippen molar-refractivity contribution in [1.82, 2.24) is 4.90 Å². The molecule has 1 fully saturated rings. The average molecular weight is 284 g/mol. The molecule has 0 radical (unpaired) electrons. The van der Waals surface area contributed by atoms with Crippen molar-refractivity contribution in [2.75, 3.05) is 13.1 Å². The van der Waals surface area contributed by atoms with E-state index in [1.54, 1.807) is 24.3 Å². The molecule has 2 rings (SSSR count). The Bertz CT molecular complexity index is 486. The number of likely N-dealkylation sites (tertiary alicyclic amines) is 1. The van der Waals surface area contributed by atoms with Gasteiger partial charge in [-0.1, -0.05) is 37.6 Å². The van der Waals surface area contributed by atoms with Crippen LogP contribution in [-0.4, -0.2) is 34.3 Å². The Labute approximate surface area is 117 Å². The molecule has 0 spiro atoms. The summed E-state index contributed by atoms with van der Waals surface area (Å²) in [5.74, 6) is 0. The highest BCUT2D eigenvalue weighted by atomic mass is 35.5. The van der Waals surface area contributed by atoms with Crippen LogP contribution in [0.1, 0.15) is 25.8 Å². The highest BCUT2D eigenvalue weighted by Gasteiger charge is 2.49. The fourth-order valence-electron chi connectivity index (χ4n) is 2.75. The lowest BCUT2D eigenvalue weighted by molar-refractivity contribution is -0.119. The number of halogens is 1. The van der Waals surface area contributed by atoms with Crippen molar-refractivity contribution in [1.29, 1.82) is 0 Å². The van der Waals surface area contributed by atoms with E-state index in [0.717, 1.165) is 5.56 Å². The van der Waals surface area contributed by atoms with Crippen LogP contribution in [0.4, 0.5) is 4.79 Å². The molecule has 1 aliphatic heterocycles. The van der Waals surface area contributed by atoms with Crippen LogP contribution in [0.3, 0.4) is 0 Å². The predicted molar refractivity (Wildman–Crippen MR) is 73.3 cm³/mol. The topological polar surface area (TPSA) is 60.8 Å². The van der Waals surface area contributed by atoms with Crippen LogP contribution in [-0.2, 0) is 5.60 Å². The van der Waals surface area contributed by atoms with E-state index in [9.17, 15) is 9.90 Å². The van der Waals surface area contributed by atoms with Crippen LogP contribution >= 0.6 is 11.6 Å². The maximum atomic E-state index is 11.1. The molecule has 2 N–H and O–H groups in total. The highest BCUT2D eigenvalue weighted by Crippen LogP contribution is 2.46. The van der Waals surface area contributed by atoms with Crippen LogP contribution < -0.4 is 0 Å². The molecule has 0 saturated carbocycles. The van der Waals surface area contributed by atoms with Crippen molar-refractivity contribution >= 4 is 17.7 Å². The normalized spacial score (nSPS) is 26.2. The molecule has 1 atom stereocenters. The first kappa shape index (κ1) is 14.2. The molecule has 1 aromatic rings. The number of carbonyl (C=O) groups is 1. The van der Waals surface area contributed by atoms with Gasteiger partial charge in [0.25, 0.3) is 0 Å². The van der Waals surface area contributed by atoms with Gasteiger partial charge in [0.2, 0.25) is 0 Å². The Balaban J connectivity index is 2.33. The van der Waals surface area contributed by atoms with Gasteiger partial charge in [-0.25, -0.2) is 4.79 Å². The van der Waals surface area contributed by atoms with Gasteiger partial charge in [0.15, 0.2) is 0 Å². The first-order valence-corrected chi connectivity index (χ1v) is 6.60. The summed E-state index contributed by atoms with van der Waals surface area (Å²) in [7, 11) is 0. The molecule has 5 heteroatoms. The van der Waals surface area contributed by atoms with E-state index in [1.165, 1.54) is 4.90 Å². The maximum Gasteiger partial charge on any atom is 0.407 e. The van der Waals surface area contributed by atoms with Gasteiger partial charge in [-0.3, -0.25) is 0 Å². The highest BCUT2D eigenvalue weighted by molar-refractivity contribution is 6.30. The quantitative estimate of drug-likeness (QED) is 0.833. The number of nitrogens with zero attached hydrogens (tertiary/aromatic N) is 1. The number of rotatable bonds is 1. The second-order valence-corrected chi connectivity index (χ2v) is 6.14. The zero-order valence-electron chi connectivity index (χ0n) is 11.1. The lowest BCUT2D eigenvalue weighted by Gasteiger charge is -2.49. The third-order valence-corrected chi connectivity index (χ3v) is 4.29. The molecule has 1 aliphatic rings. The number of hydrogen-bond acceptors (Lipinski definition) is 2. The van der Waals surface area contributed by atoms with E-state index in [-0.39, 0.29) is 0 Å². The molecule has 104 valence electrons. The van der Waals surface area contributed by atoms with Crippen LogP contribution in [0, 0.1) is 5.41 Å². The largest absolute Gasteiger partial charge is 0.465 e. The van der Waals surface area contributed by atoms with Crippen molar-refractivity contribution in [3.05, 3.63) is 34.9 Å². The summed E-state index contributed by atoms with van der Waals surface area (Å²) in [6.07, 6.45) is -0.556. The summed E-state index contributed by atoms with van der Waals surface area (Å²) >= 11 is 5.86. The van der Waals surface area contributed by atoms with Gasteiger partial charge in [-0.15, -0.1) is 0 Å². The lowest BCUT2D eigenvalue weighted by atomic mass is 9.66. The molecule has 1 amide bonds. The van der Waals surface area contributed by atoms with Gasteiger partial charge >= 0.3 is 6.09 Å². The smallest absolute Gasteiger partial charge is 0.407 e. The molecular formula is C14H18ClNO3. The SMILES string of the molecule is CC1(C)CN(C(=O)O)CCC1(O)c1ccc(Cl)cc1. The fourth-order valence-corrected chi connectivity index (χ4v) is 2.87. The molecule has 0 aliphatic carbocycles. The van der Waals surface area contributed by atoms with Crippen LogP contribution in [0.2, 0.25) is 5.02 Å². The minimum Gasteiger partial charge on any atom is -0.465 e. The Morgan fingerprint density at radius 2 is 1.89 bits per heavy atom. The van der Waals surface area contributed by atoms with E-state index >= 15 is 0 Å². The van der Waals surface area contributed by atoms with Gasteiger partial charge in [-0.05, 0) is 24.1 Å². The summed E-state index contributed by atoms with van der Waals surface area (Å²) in [4.78, 5) is 12.4. The molecule has 1 unspecified atom stereocenters. The third kappa shape index (κ3) is 2.42. The summed E-state index contributed by atoms with van der Waals surface area (Å²) in [5, 5.41) is 20.7. The van der Waals surface area contributed by atoms with E-state index in [0.29, 0.717) is 24.5 Å². The van der Waals surface area contributed by atoms with Crippen molar-refractivity contribution in [2.45, 2.75) is 25.9 Å². The molecule has 19 heavy (non-hydrogen) atoms. The summed E-state index contributed by atoms with van der Waals surface area (Å²) in [6.45, 7) is 4.41. The first-order chi connectivity index (χ1) is 8.76. The summed E-state index contributed by atoms with van der Waals surface area (Å²) in [6, 6.07) is 7.10. The Kier molecular flexibility index (Phi) is 3.49. The molecule has 1 heterocycles. The molecular weight excluding hydrogens is 266 g/mol. The number of piperidine rings is 1. The lowest BCUT2D eigenvalue weighted by Crippen LogP contribution is -2.56. The van der Waals surface area contributed by atoms with Crippen molar-refractivity contribution in [3.63, 3.8) is 0 Å². The van der Waals surface area contributed by atoms with E-state index < -0.39 is 17.1 Å². The Morgan fingerprint density at radius 1 is 1.32 bits per heavy atom. The zero-order valence-corrected chi connectivity index (χ0v) is 11.8. The van der Waals surface area contributed by atoms with Gasteiger partial charge < -0.3 is 15.1 Å². The number of hydrogen-bond donors (Lipinski definition) is 2. The second-order valence-electron chi connectivity index (χ2n) is 5.71. The van der Waals surface area contributed by atoms with Crippen LogP contribution in [0.5, 0.6) is 0 Å². The van der Waals surface area contributed by atoms with Crippen LogP contribution in [0.25, 0.3) is 0 Å². The number of aliphatic hydroxyl groups is 1. The standard InChI is InChI=1S/C14H18ClNO3/c1-13(2)9-16(12(17)18)8-7-14(13,19)10-3-5-11(15)6-4-10/h3-6,19H,7-9H2,1-2H3,(H,17,18). The third-order valence-electron chi connectivity index (χ3n) is 4.04. The monoisotopic (exact) mass is 283 g/mol. The first-order valence-electron chi connectivity index (χ1n) is 6.22. The molecule has 0 bridgehead atoms. The van der Waals surface area contributed by atoms with Crippen molar-refractivity contribution < 1.29 is 15.0 Å². The van der Waals surface area contributed by atoms with Gasteiger partial charge in [0.1, 0.15) is 0 Å². The number of carboxylic acid groups (broad SMARTS) is 1. The zero-order chi connectivity index (χ0) is 14.3. The van der Waals surface area contributed by atoms with Gasteiger partial charge in [0.05, 0.1) is 5.60 Å². The summed E-state index contributed by atoms with van der Waals surface area (Å²) < 4.78 is 0. The van der Waals surface area contributed by atoms with E-state index in [4.69, 9.17) is 16.7 Å². The molecule has 4 nitrogen and oxygen atoms in total. The Hall–Kier alpha value is -1.26. The van der Waals surface area contributed by atoms with Gasteiger partial charge in [-0.2, -0.15) is 0 Å². The number of amides is 1.